The first kappa shape index (κ1) is 17.0. The molecule has 25 heavy (non-hydrogen) atoms. The number of amides is 1. The fourth-order valence-corrected chi connectivity index (χ4v) is 2.56. The average molecular weight is 335 g/mol. The molecule has 0 bridgehead atoms. The molecule has 0 aliphatic carbocycles. The van der Waals surface area contributed by atoms with Crippen LogP contribution in [0, 0.1) is 0 Å². The highest BCUT2D eigenvalue weighted by atomic mass is 16.5. The van der Waals surface area contributed by atoms with Gasteiger partial charge in [-0.3, -0.25) is 4.79 Å². The monoisotopic (exact) mass is 335 g/mol. The third-order valence-electron chi connectivity index (χ3n) is 3.80. The van der Waals surface area contributed by atoms with Crippen LogP contribution in [-0.4, -0.2) is 25.7 Å². The molecule has 3 aromatic rings. The number of hydrogen-bond donors (Lipinski definition) is 1. The number of hydrogen-bond acceptors (Lipinski definition) is 3. The van der Waals surface area contributed by atoms with Crippen molar-refractivity contribution in [2.45, 2.75) is 6.92 Å². The number of ether oxygens (including phenoxy) is 2. The van der Waals surface area contributed by atoms with E-state index in [4.69, 9.17) is 9.47 Å². The molecule has 0 spiro atoms. The van der Waals surface area contributed by atoms with Gasteiger partial charge in [0.1, 0.15) is 12.4 Å². The summed E-state index contributed by atoms with van der Waals surface area (Å²) in [5.41, 5.74) is 1.33. The topological polar surface area (TPSA) is 47.6 Å². The standard InChI is InChI=1S/C21H21NO3/c1-2-24-12-13-25-20-9-5-8-18(15-20)21(23)22-19-11-10-16-6-3-4-7-17(16)14-19/h3-11,14-15H,2,12-13H2,1H3,(H,22,23). The van der Waals surface area contributed by atoms with E-state index in [1.54, 1.807) is 12.1 Å². The first-order chi connectivity index (χ1) is 12.3. The zero-order chi connectivity index (χ0) is 17.5. The van der Waals surface area contributed by atoms with Crippen LogP contribution in [-0.2, 0) is 4.74 Å². The van der Waals surface area contributed by atoms with Crippen LogP contribution in [0.1, 0.15) is 17.3 Å². The van der Waals surface area contributed by atoms with Gasteiger partial charge < -0.3 is 14.8 Å². The van der Waals surface area contributed by atoms with Crippen LogP contribution in [0.15, 0.2) is 66.7 Å². The lowest BCUT2D eigenvalue weighted by molar-refractivity contribution is 0.102. The second-order valence-electron chi connectivity index (χ2n) is 5.59. The van der Waals surface area contributed by atoms with Gasteiger partial charge in [-0.1, -0.05) is 36.4 Å². The summed E-state index contributed by atoms with van der Waals surface area (Å²) in [5, 5.41) is 5.17. The average Bonchev–Trinajstić information content (AvgIpc) is 2.65. The fourth-order valence-electron chi connectivity index (χ4n) is 2.56. The second kappa shape index (κ2) is 8.31. The van der Waals surface area contributed by atoms with E-state index >= 15 is 0 Å². The van der Waals surface area contributed by atoms with Crippen molar-refractivity contribution in [3.63, 3.8) is 0 Å². The van der Waals surface area contributed by atoms with Crippen LogP contribution in [0.25, 0.3) is 10.8 Å². The summed E-state index contributed by atoms with van der Waals surface area (Å²) < 4.78 is 10.8. The highest BCUT2D eigenvalue weighted by molar-refractivity contribution is 6.05. The van der Waals surface area contributed by atoms with Crippen LogP contribution in [0.5, 0.6) is 5.75 Å². The van der Waals surface area contributed by atoms with E-state index in [1.165, 1.54) is 0 Å². The molecule has 0 unspecified atom stereocenters. The quantitative estimate of drug-likeness (QED) is 0.646. The Hall–Kier alpha value is -2.85. The van der Waals surface area contributed by atoms with Gasteiger partial charge in [-0.15, -0.1) is 0 Å². The molecule has 3 rings (SSSR count). The Morgan fingerprint density at radius 1 is 0.920 bits per heavy atom. The summed E-state index contributed by atoms with van der Waals surface area (Å²) in [6, 6.07) is 21.1. The maximum absolute atomic E-state index is 12.5. The van der Waals surface area contributed by atoms with Crippen molar-refractivity contribution in [2.24, 2.45) is 0 Å². The molecule has 0 heterocycles. The summed E-state index contributed by atoms with van der Waals surface area (Å²) in [5.74, 6) is 0.497. The Kier molecular flexibility index (Phi) is 5.65. The van der Waals surface area contributed by atoms with Crippen molar-refractivity contribution in [2.75, 3.05) is 25.1 Å². The summed E-state index contributed by atoms with van der Waals surface area (Å²) in [6.07, 6.45) is 0. The molecule has 0 fully saturated rings. The molecule has 128 valence electrons. The Balaban J connectivity index is 1.67. The van der Waals surface area contributed by atoms with Gasteiger partial charge in [-0.05, 0) is 48.0 Å². The highest BCUT2D eigenvalue weighted by Gasteiger charge is 2.08. The van der Waals surface area contributed by atoms with Crippen molar-refractivity contribution in [3.8, 4) is 5.75 Å². The molecule has 1 amide bonds. The van der Waals surface area contributed by atoms with Gasteiger partial charge in [0.25, 0.3) is 5.91 Å². The lowest BCUT2D eigenvalue weighted by atomic mass is 10.1. The van der Waals surface area contributed by atoms with Crippen molar-refractivity contribution in [1.29, 1.82) is 0 Å². The fraction of sp³-hybridized carbons (Fsp3) is 0.190. The van der Waals surface area contributed by atoms with Gasteiger partial charge >= 0.3 is 0 Å². The zero-order valence-electron chi connectivity index (χ0n) is 14.2. The third-order valence-corrected chi connectivity index (χ3v) is 3.80. The van der Waals surface area contributed by atoms with Crippen LogP contribution >= 0.6 is 0 Å². The maximum Gasteiger partial charge on any atom is 0.255 e. The Morgan fingerprint density at radius 3 is 2.60 bits per heavy atom. The van der Waals surface area contributed by atoms with Gasteiger partial charge in [-0.2, -0.15) is 0 Å². The van der Waals surface area contributed by atoms with E-state index in [2.05, 4.69) is 5.32 Å². The minimum atomic E-state index is -0.162. The summed E-state index contributed by atoms with van der Waals surface area (Å²) in [7, 11) is 0. The second-order valence-corrected chi connectivity index (χ2v) is 5.59. The van der Waals surface area contributed by atoms with Crippen molar-refractivity contribution < 1.29 is 14.3 Å². The largest absolute Gasteiger partial charge is 0.491 e. The maximum atomic E-state index is 12.5. The molecule has 0 atom stereocenters. The number of carbonyl (C=O) groups is 1. The Morgan fingerprint density at radius 2 is 1.76 bits per heavy atom. The van der Waals surface area contributed by atoms with Crippen LogP contribution in [0.2, 0.25) is 0 Å². The van der Waals surface area contributed by atoms with Crippen molar-refractivity contribution >= 4 is 22.4 Å². The Labute approximate surface area is 147 Å². The predicted molar refractivity (Wildman–Crippen MR) is 100 cm³/mol. The van der Waals surface area contributed by atoms with E-state index in [0.717, 1.165) is 16.5 Å². The minimum absolute atomic E-state index is 0.162. The lowest BCUT2D eigenvalue weighted by Gasteiger charge is -2.09. The summed E-state index contributed by atoms with van der Waals surface area (Å²) in [4.78, 5) is 12.5. The van der Waals surface area contributed by atoms with Gasteiger partial charge in [0.2, 0.25) is 0 Å². The molecule has 0 radical (unpaired) electrons. The molecule has 3 aromatic carbocycles. The van der Waals surface area contributed by atoms with Crippen LogP contribution in [0.3, 0.4) is 0 Å². The minimum Gasteiger partial charge on any atom is -0.491 e. The molecular weight excluding hydrogens is 314 g/mol. The number of benzene rings is 3. The summed E-state index contributed by atoms with van der Waals surface area (Å²) in [6.45, 7) is 3.60. The number of rotatable bonds is 7. The van der Waals surface area contributed by atoms with E-state index in [0.29, 0.717) is 31.1 Å². The number of nitrogens with one attached hydrogen (secondary N) is 1. The van der Waals surface area contributed by atoms with E-state index < -0.39 is 0 Å². The van der Waals surface area contributed by atoms with Crippen molar-refractivity contribution in [1.82, 2.24) is 0 Å². The van der Waals surface area contributed by atoms with E-state index in [-0.39, 0.29) is 5.91 Å². The number of anilines is 1. The molecule has 4 heteroatoms. The van der Waals surface area contributed by atoms with Crippen LogP contribution in [0.4, 0.5) is 5.69 Å². The normalized spacial score (nSPS) is 10.6. The highest BCUT2D eigenvalue weighted by Crippen LogP contribution is 2.20. The van der Waals surface area contributed by atoms with Crippen molar-refractivity contribution in [3.05, 3.63) is 72.3 Å². The molecule has 0 saturated carbocycles. The molecule has 0 aromatic heterocycles. The first-order valence-corrected chi connectivity index (χ1v) is 8.37. The molecule has 0 saturated heterocycles. The summed E-state index contributed by atoms with van der Waals surface area (Å²) >= 11 is 0. The lowest BCUT2D eigenvalue weighted by Crippen LogP contribution is -2.12. The van der Waals surface area contributed by atoms with Crippen LogP contribution < -0.4 is 10.1 Å². The molecule has 0 aliphatic heterocycles. The van der Waals surface area contributed by atoms with E-state index in [9.17, 15) is 4.79 Å². The zero-order valence-corrected chi connectivity index (χ0v) is 14.2. The van der Waals surface area contributed by atoms with Gasteiger partial charge in [0.15, 0.2) is 0 Å². The molecule has 4 nitrogen and oxygen atoms in total. The molecule has 0 aliphatic rings. The Bertz CT molecular complexity index is 860. The van der Waals surface area contributed by atoms with Gasteiger partial charge in [-0.25, -0.2) is 0 Å². The first-order valence-electron chi connectivity index (χ1n) is 8.37. The predicted octanol–water partition coefficient (Wildman–Crippen LogP) is 4.51. The smallest absolute Gasteiger partial charge is 0.255 e. The van der Waals surface area contributed by atoms with E-state index in [1.807, 2.05) is 61.5 Å². The SMILES string of the molecule is CCOCCOc1cccc(C(=O)Nc2ccc3ccccc3c2)c1. The van der Waals surface area contributed by atoms with Gasteiger partial charge in [0, 0.05) is 17.9 Å². The molecular formula is C21H21NO3. The number of carbonyl (C=O) groups excluding carboxylic acids is 1. The van der Waals surface area contributed by atoms with Gasteiger partial charge in [0.05, 0.1) is 6.61 Å². The molecule has 1 N–H and O–H groups in total. The number of fused-ring (bicyclic) bond motifs is 1. The third kappa shape index (κ3) is 4.58.